The lowest BCUT2D eigenvalue weighted by Crippen LogP contribution is -2.33. The fraction of sp³-hybridized carbons (Fsp3) is 0.222. The van der Waals surface area contributed by atoms with Crippen molar-refractivity contribution < 1.29 is 9.53 Å². The largest absolute Gasteiger partial charge is 0.493 e. The molecule has 0 saturated heterocycles. The number of nitrogens with one attached hydrogen (secondary N) is 1. The second-order valence-electron chi connectivity index (χ2n) is 5.67. The molecule has 0 spiro atoms. The molecule has 0 aliphatic carbocycles. The molecule has 1 atom stereocenters. The summed E-state index contributed by atoms with van der Waals surface area (Å²) in [6, 6.07) is 13.7. The van der Waals surface area contributed by atoms with E-state index in [1.165, 1.54) is 0 Å². The van der Waals surface area contributed by atoms with Crippen molar-refractivity contribution in [1.29, 1.82) is 0 Å². The second-order valence-corrected chi connectivity index (χ2v) is 5.67. The van der Waals surface area contributed by atoms with E-state index in [0.29, 0.717) is 6.61 Å². The molecule has 5 nitrogen and oxygen atoms in total. The average molecular weight is 307 g/mol. The number of rotatable bonds is 3. The van der Waals surface area contributed by atoms with Crippen molar-refractivity contribution in [3.63, 3.8) is 0 Å². The van der Waals surface area contributed by atoms with Crippen molar-refractivity contribution in [2.75, 3.05) is 6.61 Å². The third-order valence-corrected chi connectivity index (χ3v) is 4.05. The highest BCUT2D eigenvalue weighted by molar-refractivity contribution is 5.79. The van der Waals surface area contributed by atoms with E-state index in [4.69, 9.17) is 4.74 Å². The lowest BCUT2D eigenvalue weighted by atomic mass is 10.0. The number of hydrogen-bond acceptors (Lipinski definition) is 3. The molecule has 3 aromatic rings. The van der Waals surface area contributed by atoms with Gasteiger partial charge in [-0.2, -0.15) is 0 Å². The molecule has 3 heterocycles. The number of aromatic nitrogens is 2. The van der Waals surface area contributed by atoms with E-state index in [-0.39, 0.29) is 18.4 Å². The van der Waals surface area contributed by atoms with Crippen molar-refractivity contribution in [1.82, 2.24) is 14.7 Å². The molecule has 116 valence electrons. The van der Waals surface area contributed by atoms with Crippen LogP contribution in [0.15, 0.2) is 54.9 Å². The van der Waals surface area contributed by atoms with Gasteiger partial charge in [0.2, 0.25) is 5.91 Å². The fourth-order valence-corrected chi connectivity index (χ4v) is 2.97. The maximum atomic E-state index is 12.4. The molecule has 0 bridgehead atoms. The van der Waals surface area contributed by atoms with Crippen LogP contribution in [0.2, 0.25) is 0 Å². The SMILES string of the molecule is O=C(Cc1cn2ccccc2n1)N[C@@H]1CCOc2ccccc21. The number of carbonyl (C=O) groups excluding carboxylic acids is 1. The Labute approximate surface area is 133 Å². The van der Waals surface area contributed by atoms with E-state index >= 15 is 0 Å². The number of carbonyl (C=O) groups is 1. The van der Waals surface area contributed by atoms with Crippen LogP contribution in [-0.4, -0.2) is 21.9 Å². The highest BCUT2D eigenvalue weighted by Gasteiger charge is 2.22. The molecular formula is C18H17N3O2. The topological polar surface area (TPSA) is 55.6 Å². The van der Waals surface area contributed by atoms with E-state index in [9.17, 15) is 4.79 Å². The minimum Gasteiger partial charge on any atom is -0.493 e. The Morgan fingerprint density at radius 3 is 3.04 bits per heavy atom. The predicted octanol–water partition coefficient (Wildman–Crippen LogP) is 2.52. The normalized spacial score (nSPS) is 16.6. The van der Waals surface area contributed by atoms with Crippen LogP contribution in [0.5, 0.6) is 5.75 Å². The van der Waals surface area contributed by atoms with Gasteiger partial charge in [-0.05, 0) is 18.2 Å². The van der Waals surface area contributed by atoms with Crippen LogP contribution < -0.4 is 10.1 Å². The zero-order valence-corrected chi connectivity index (χ0v) is 12.6. The number of pyridine rings is 1. The molecule has 0 fully saturated rings. The van der Waals surface area contributed by atoms with Gasteiger partial charge in [0.25, 0.3) is 0 Å². The number of nitrogens with zero attached hydrogens (tertiary/aromatic N) is 2. The Kier molecular flexibility index (Phi) is 3.46. The summed E-state index contributed by atoms with van der Waals surface area (Å²) in [5.74, 6) is 0.840. The van der Waals surface area contributed by atoms with Gasteiger partial charge in [0.1, 0.15) is 11.4 Å². The van der Waals surface area contributed by atoms with Crippen LogP contribution in [0, 0.1) is 0 Å². The predicted molar refractivity (Wildman–Crippen MR) is 86.3 cm³/mol. The van der Waals surface area contributed by atoms with Gasteiger partial charge in [0.15, 0.2) is 0 Å². The standard InChI is InChI=1S/C18H17N3O2/c22-18(11-13-12-21-9-4-3-7-17(21)19-13)20-15-8-10-23-16-6-2-1-5-14(15)16/h1-7,9,12,15H,8,10-11H2,(H,20,22)/t15-/m1/s1. The van der Waals surface area contributed by atoms with E-state index in [1.54, 1.807) is 0 Å². The van der Waals surface area contributed by atoms with Crippen molar-refractivity contribution in [2.45, 2.75) is 18.9 Å². The first-order chi connectivity index (χ1) is 11.3. The molecule has 0 unspecified atom stereocenters. The lowest BCUT2D eigenvalue weighted by molar-refractivity contribution is -0.121. The Hall–Kier alpha value is -2.82. The summed E-state index contributed by atoms with van der Waals surface area (Å²) in [7, 11) is 0. The van der Waals surface area contributed by atoms with Gasteiger partial charge < -0.3 is 14.5 Å². The molecule has 1 aliphatic heterocycles. The van der Waals surface area contributed by atoms with Crippen molar-refractivity contribution >= 4 is 11.6 Å². The van der Waals surface area contributed by atoms with Crippen LogP contribution >= 0.6 is 0 Å². The van der Waals surface area contributed by atoms with Crippen LogP contribution in [-0.2, 0) is 11.2 Å². The van der Waals surface area contributed by atoms with Gasteiger partial charge >= 0.3 is 0 Å². The first kappa shape index (κ1) is 13.8. The maximum absolute atomic E-state index is 12.4. The average Bonchev–Trinajstić information content (AvgIpc) is 2.97. The van der Waals surface area contributed by atoms with Gasteiger partial charge in [-0.25, -0.2) is 4.98 Å². The Morgan fingerprint density at radius 1 is 1.26 bits per heavy atom. The van der Waals surface area contributed by atoms with E-state index in [2.05, 4.69) is 10.3 Å². The number of imidazole rings is 1. The molecule has 1 aromatic carbocycles. The lowest BCUT2D eigenvalue weighted by Gasteiger charge is -2.26. The van der Waals surface area contributed by atoms with Gasteiger partial charge in [-0.1, -0.05) is 24.3 Å². The Bertz CT molecular complexity index is 823. The quantitative estimate of drug-likeness (QED) is 0.809. The zero-order valence-electron chi connectivity index (χ0n) is 12.6. The molecule has 4 rings (SSSR count). The van der Waals surface area contributed by atoms with Gasteiger partial charge in [-0.3, -0.25) is 4.79 Å². The first-order valence-electron chi connectivity index (χ1n) is 7.73. The monoisotopic (exact) mass is 307 g/mol. The zero-order chi connectivity index (χ0) is 15.6. The van der Waals surface area contributed by atoms with Crippen LogP contribution in [0.25, 0.3) is 5.65 Å². The van der Waals surface area contributed by atoms with Gasteiger partial charge in [0.05, 0.1) is 24.8 Å². The molecule has 0 radical (unpaired) electrons. The summed E-state index contributed by atoms with van der Waals surface area (Å²) in [4.78, 5) is 16.8. The highest BCUT2D eigenvalue weighted by atomic mass is 16.5. The molecule has 2 aromatic heterocycles. The number of para-hydroxylation sites is 1. The van der Waals surface area contributed by atoms with E-state index in [0.717, 1.165) is 29.1 Å². The number of hydrogen-bond donors (Lipinski definition) is 1. The van der Waals surface area contributed by atoms with Crippen LogP contribution in [0.3, 0.4) is 0 Å². The summed E-state index contributed by atoms with van der Waals surface area (Å²) in [5, 5.41) is 3.10. The van der Waals surface area contributed by atoms with Gasteiger partial charge in [0, 0.05) is 24.4 Å². The summed E-state index contributed by atoms with van der Waals surface area (Å²) in [6.45, 7) is 0.621. The number of benzene rings is 1. The molecule has 1 aliphatic rings. The Balaban J connectivity index is 1.48. The summed E-state index contributed by atoms with van der Waals surface area (Å²) < 4.78 is 7.55. The molecule has 0 saturated carbocycles. The molecule has 5 heteroatoms. The van der Waals surface area contributed by atoms with Crippen molar-refractivity contribution in [3.05, 3.63) is 66.1 Å². The number of fused-ring (bicyclic) bond motifs is 2. The first-order valence-corrected chi connectivity index (χ1v) is 7.73. The van der Waals surface area contributed by atoms with Crippen LogP contribution in [0.1, 0.15) is 23.7 Å². The van der Waals surface area contributed by atoms with Crippen LogP contribution in [0.4, 0.5) is 0 Å². The summed E-state index contributed by atoms with van der Waals surface area (Å²) in [6.07, 6.45) is 4.89. The molecule has 1 amide bonds. The molecular weight excluding hydrogens is 290 g/mol. The minimum absolute atomic E-state index is 0.00415. The molecule has 23 heavy (non-hydrogen) atoms. The minimum atomic E-state index is -0.0184. The third kappa shape index (κ3) is 2.77. The van der Waals surface area contributed by atoms with Crippen molar-refractivity contribution in [2.24, 2.45) is 0 Å². The van der Waals surface area contributed by atoms with Gasteiger partial charge in [-0.15, -0.1) is 0 Å². The summed E-state index contributed by atoms with van der Waals surface area (Å²) in [5.41, 5.74) is 2.67. The Morgan fingerprint density at radius 2 is 2.13 bits per heavy atom. The van der Waals surface area contributed by atoms with E-state index in [1.807, 2.05) is 59.3 Å². The number of ether oxygens (including phenoxy) is 1. The van der Waals surface area contributed by atoms with E-state index < -0.39 is 0 Å². The maximum Gasteiger partial charge on any atom is 0.226 e. The smallest absolute Gasteiger partial charge is 0.226 e. The summed E-state index contributed by atoms with van der Waals surface area (Å²) >= 11 is 0. The molecule has 1 N–H and O–H groups in total. The fourth-order valence-electron chi connectivity index (χ4n) is 2.97. The highest BCUT2D eigenvalue weighted by Crippen LogP contribution is 2.31. The third-order valence-electron chi connectivity index (χ3n) is 4.05. The second kappa shape index (κ2) is 5.76. The van der Waals surface area contributed by atoms with Crippen molar-refractivity contribution in [3.8, 4) is 5.75 Å². The number of amides is 1.